The molecule has 0 radical (unpaired) electrons. The van der Waals surface area contributed by atoms with Crippen molar-refractivity contribution in [3.63, 3.8) is 0 Å². The van der Waals surface area contributed by atoms with Crippen LogP contribution in [0.2, 0.25) is 0 Å². The van der Waals surface area contributed by atoms with E-state index in [0.717, 1.165) is 22.8 Å². The van der Waals surface area contributed by atoms with Gasteiger partial charge >= 0.3 is 0 Å². The molecule has 4 saturated carbocycles. The number of rotatable bonds is 4. The molecule has 0 saturated heterocycles. The van der Waals surface area contributed by atoms with E-state index >= 15 is 0 Å². The average molecular weight is 334 g/mol. The van der Waals surface area contributed by atoms with Crippen molar-refractivity contribution in [1.82, 2.24) is 10.3 Å². The predicted octanol–water partition coefficient (Wildman–Crippen LogP) is 3.50. The standard InChI is InChI=1S/C18H27N3OS/c1-10(19)17-21-15(9-23-17)16(22)20-11(2)18-6-12-3-13(7-18)5-14(4-12)8-18/h9-14H,3-8,19H2,1-2H3,(H,20,22). The fourth-order valence-corrected chi connectivity index (χ4v) is 6.49. The third-order valence-corrected chi connectivity index (χ3v) is 7.54. The van der Waals surface area contributed by atoms with Crippen LogP contribution in [0.15, 0.2) is 5.38 Å². The fourth-order valence-electron chi connectivity index (χ4n) is 5.73. The Morgan fingerprint density at radius 1 is 1.26 bits per heavy atom. The molecule has 4 aliphatic carbocycles. The van der Waals surface area contributed by atoms with Crippen molar-refractivity contribution >= 4 is 17.2 Å². The van der Waals surface area contributed by atoms with Gasteiger partial charge in [0.2, 0.25) is 0 Å². The third kappa shape index (κ3) is 2.72. The van der Waals surface area contributed by atoms with Crippen LogP contribution >= 0.6 is 11.3 Å². The lowest BCUT2D eigenvalue weighted by molar-refractivity contribution is -0.0688. The number of amides is 1. The molecule has 2 atom stereocenters. The summed E-state index contributed by atoms with van der Waals surface area (Å²) in [6.07, 6.45) is 8.23. The smallest absolute Gasteiger partial charge is 0.270 e. The summed E-state index contributed by atoms with van der Waals surface area (Å²) in [5, 5.41) is 5.93. The van der Waals surface area contributed by atoms with Gasteiger partial charge in [0.05, 0.1) is 6.04 Å². The van der Waals surface area contributed by atoms with Crippen LogP contribution in [0, 0.1) is 23.2 Å². The van der Waals surface area contributed by atoms with E-state index in [2.05, 4.69) is 17.2 Å². The predicted molar refractivity (Wildman–Crippen MR) is 92.2 cm³/mol. The largest absolute Gasteiger partial charge is 0.348 e. The Morgan fingerprint density at radius 3 is 2.30 bits per heavy atom. The number of carbonyl (C=O) groups excluding carboxylic acids is 1. The van der Waals surface area contributed by atoms with Crippen LogP contribution in [0.25, 0.3) is 0 Å². The second-order valence-electron chi connectivity index (χ2n) is 8.33. The minimum Gasteiger partial charge on any atom is -0.348 e. The molecule has 1 heterocycles. The minimum absolute atomic E-state index is 0.0311. The normalized spacial score (nSPS) is 37.6. The van der Waals surface area contributed by atoms with Crippen molar-refractivity contribution in [2.75, 3.05) is 0 Å². The van der Waals surface area contributed by atoms with Crippen LogP contribution in [0.3, 0.4) is 0 Å². The number of carbonyl (C=O) groups is 1. The van der Waals surface area contributed by atoms with Crippen molar-refractivity contribution in [3.8, 4) is 0 Å². The van der Waals surface area contributed by atoms with Crippen molar-refractivity contribution in [3.05, 3.63) is 16.1 Å². The zero-order valence-corrected chi connectivity index (χ0v) is 14.9. The van der Waals surface area contributed by atoms with Crippen LogP contribution < -0.4 is 11.1 Å². The molecule has 5 rings (SSSR count). The van der Waals surface area contributed by atoms with Gasteiger partial charge in [0.25, 0.3) is 5.91 Å². The number of nitrogens with one attached hydrogen (secondary N) is 1. The van der Waals surface area contributed by atoms with Gasteiger partial charge in [-0.05, 0) is 75.5 Å². The summed E-state index contributed by atoms with van der Waals surface area (Å²) in [4.78, 5) is 17.0. The Balaban J connectivity index is 1.47. The summed E-state index contributed by atoms with van der Waals surface area (Å²) < 4.78 is 0. The lowest BCUT2D eigenvalue weighted by Gasteiger charge is -2.59. The van der Waals surface area contributed by atoms with Gasteiger partial charge in [0.15, 0.2) is 0 Å². The minimum atomic E-state index is -0.109. The second kappa shape index (κ2) is 5.55. The summed E-state index contributed by atoms with van der Waals surface area (Å²) in [5.74, 6) is 2.69. The molecule has 0 spiro atoms. The van der Waals surface area contributed by atoms with E-state index in [1.54, 1.807) is 0 Å². The van der Waals surface area contributed by atoms with Crippen LogP contribution in [-0.4, -0.2) is 16.9 Å². The van der Waals surface area contributed by atoms with Gasteiger partial charge in [0.1, 0.15) is 10.7 Å². The van der Waals surface area contributed by atoms with E-state index in [0.29, 0.717) is 11.1 Å². The van der Waals surface area contributed by atoms with Crippen molar-refractivity contribution in [2.45, 2.75) is 64.5 Å². The van der Waals surface area contributed by atoms with Crippen LogP contribution in [0.5, 0.6) is 0 Å². The quantitative estimate of drug-likeness (QED) is 0.886. The molecule has 2 unspecified atom stereocenters. The highest BCUT2D eigenvalue weighted by atomic mass is 32.1. The Labute approximate surface area is 142 Å². The van der Waals surface area contributed by atoms with Crippen molar-refractivity contribution in [2.24, 2.45) is 28.9 Å². The van der Waals surface area contributed by atoms with E-state index in [4.69, 9.17) is 5.73 Å². The zero-order valence-electron chi connectivity index (χ0n) is 14.0. The second-order valence-corrected chi connectivity index (χ2v) is 9.22. The van der Waals surface area contributed by atoms with E-state index in [9.17, 15) is 4.79 Å². The maximum absolute atomic E-state index is 12.6. The molecular weight excluding hydrogens is 306 g/mol. The third-order valence-electron chi connectivity index (χ3n) is 6.50. The summed E-state index contributed by atoms with van der Waals surface area (Å²) in [6.45, 7) is 4.11. The van der Waals surface area contributed by atoms with Gasteiger partial charge in [-0.25, -0.2) is 4.98 Å². The molecule has 4 nitrogen and oxygen atoms in total. The number of nitrogens with two attached hydrogens (primary N) is 1. The van der Waals surface area contributed by atoms with E-state index < -0.39 is 0 Å². The van der Waals surface area contributed by atoms with E-state index in [1.807, 2.05) is 12.3 Å². The number of nitrogens with zero attached hydrogens (tertiary/aromatic N) is 1. The van der Waals surface area contributed by atoms with Crippen LogP contribution in [0.4, 0.5) is 0 Å². The van der Waals surface area contributed by atoms with Crippen molar-refractivity contribution < 1.29 is 4.79 Å². The van der Waals surface area contributed by atoms with Gasteiger partial charge in [-0.15, -0.1) is 11.3 Å². The first kappa shape index (κ1) is 15.6. The molecule has 5 heteroatoms. The van der Waals surface area contributed by atoms with Gasteiger partial charge < -0.3 is 11.1 Å². The first-order valence-corrected chi connectivity index (χ1v) is 9.85. The highest BCUT2D eigenvalue weighted by Crippen LogP contribution is 2.61. The van der Waals surface area contributed by atoms with E-state index in [-0.39, 0.29) is 18.0 Å². The lowest BCUT2D eigenvalue weighted by atomic mass is 9.48. The van der Waals surface area contributed by atoms with Gasteiger partial charge in [-0.2, -0.15) is 0 Å². The zero-order chi connectivity index (χ0) is 16.2. The SMILES string of the molecule is CC(N)c1nc(C(=O)NC(C)C23CC4CC(CC(C4)C2)C3)cs1. The molecule has 1 aromatic heterocycles. The monoisotopic (exact) mass is 333 g/mol. The fraction of sp³-hybridized carbons (Fsp3) is 0.778. The molecular formula is C18H27N3OS. The maximum Gasteiger partial charge on any atom is 0.270 e. The molecule has 0 aromatic carbocycles. The Morgan fingerprint density at radius 2 is 1.83 bits per heavy atom. The first-order valence-electron chi connectivity index (χ1n) is 8.97. The number of hydrogen-bond donors (Lipinski definition) is 2. The van der Waals surface area contributed by atoms with Gasteiger partial charge in [-0.3, -0.25) is 4.79 Å². The molecule has 4 aliphatic rings. The molecule has 1 amide bonds. The van der Waals surface area contributed by atoms with Gasteiger partial charge in [0, 0.05) is 11.4 Å². The highest BCUT2D eigenvalue weighted by molar-refractivity contribution is 7.09. The van der Waals surface area contributed by atoms with Gasteiger partial charge in [-0.1, -0.05) is 0 Å². The van der Waals surface area contributed by atoms with Crippen LogP contribution in [0.1, 0.15) is 73.9 Å². The van der Waals surface area contributed by atoms with Crippen molar-refractivity contribution in [1.29, 1.82) is 0 Å². The molecule has 0 aliphatic heterocycles. The first-order chi connectivity index (χ1) is 10.9. The Bertz CT molecular complexity index is 574. The molecule has 4 bridgehead atoms. The Hall–Kier alpha value is -0.940. The maximum atomic E-state index is 12.6. The summed E-state index contributed by atoms with van der Waals surface area (Å²) in [7, 11) is 0. The lowest BCUT2D eigenvalue weighted by Crippen LogP contribution is -2.55. The molecule has 126 valence electrons. The highest BCUT2D eigenvalue weighted by Gasteiger charge is 2.53. The molecule has 3 N–H and O–H groups in total. The average Bonchev–Trinajstić information content (AvgIpc) is 2.95. The molecule has 23 heavy (non-hydrogen) atoms. The number of aromatic nitrogens is 1. The summed E-state index contributed by atoms with van der Waals surface area (Å²) >= 11 is 1.48. The summed E-state index contributed by atoms with van der Waals surface area (Å²) in [6, 6.07) is 0.131. The van der Waals surface area contributed by atoms with E-state index in [1.165, 1.54) is 49.9 Å². The molecule has 4 fully saturated rings. The number of hydrogen-bond acceptors (Lipinski definition) is 4. The topological polar surface area (TPSA) is 68.0 Å². The van der Waals surface area contributed by atoms with Crippen LogP contribution in [-0.2, 0) is 0 Å². The summed E-state index contributed by atoms with van der Waals surface area (Å²) in [5.41, 5.74) is 6.71. The Kier molecular flexibility index (Phi) is 3.76. The molecule has 1 aromatic rings. The number of thiazole rings is 1.